The van der Waals surface area contributed by atoms with Crippen LogP contribution in [0.15, 0.2) is 23.8 Å². The van der Waals surface area contributed by atoms with E-state index in [0.717, 1.165) is 0 Å². The first kappa shape index (κ1) is 37.9. The number of alkyl halides is 1. The fourth-order valence-corrected chi connectivity index (χ4v) is 9.81. The smallest absolute Gasteiger partial charge is 0.222 e. The Labute approximate surface area is 286 Å². The topological polar surface area (TPSA) is 273 Å². The highest BCUT2D eigenvalue weighted by molar-refractivity contribution is 6.01. The molecule has 2 aliphatic heterocycles. The Bertz CT molecular complexity index is 1410. The second-order valence-electron chi connectivity index (χ2n) is 15.0. The van der Waals surface area contributed by atoms with Gasteiger partial charge in [0.2, 0.25) is 5.79 Å². The number of Topliss-reactive ketones (excluding diaryl/α,β-unsaturated/α-hetero) is 1. The number of halogens is 1. The van der Waals surface area contributed by atoms with Crippen LogP contribution in [0.5, 0.6) is 0 Å². The van der Waals surface area contributed by atoms with Gasteiger partial charge in [-0.05, 0) is 50.7 Å². The van der Waals surface area contributed by atoms with Crippen molar-refractivity contribution in [2.45, 2.75) is 118 Å². The molecule has 17 heteroatoms. The van der Waals surface area contributed by atoms with E-state index < -0.39 is 140 Å². The third-order valence-corrected chi connectivity index (χ3v) is 12.8. The van der Waals surface area contributed by atoms with Gasteiger partial charge in [-0.2, -0.15) is 0 Å². The van der Waals surface area contributed by atoms with Crippen LogP contribution < -0.4 is 0 Å². The third kappa shape index (κ3) is 5.09. The molecule has 4 unspecified atom stereocenters. The van der Waals surface area contributed by atoms with Crippen molar-refractivity contribution in [3.05, 3.63) is 23.8 Å². The predicted molar refractivity (Wildman–Crippen MR) is 162 cm³/mol. The molecular weight excluding hydrogens is 671 g/mol. The van der Waals surface area contributed by atoms with Crippen molar-refractivity contribution in [3.8, 4) is 0 Å². The van der Waals surface area contributed by atoms with Gasteiger partial charge < -0.3 is 70.0 Å². The highest BCUT2D eigenvalue weighted by Gasteiger charge is 2.76. The maximum absolute atomic E-state index is 17.4. The maximum atomic E-state index is 17.4. The van der Waals surface area contributed by atoms with E-state index in [1.54, 1.807) is 6.92 Å². The summed E-state index contributed by atoms with van der Waals surface area (Å²) in [6.45, 7) is -0.774. The van der Waals surface area contributed by atoms with Gasteiger partial charge in [-0.25, -0.2) is 4.39 Å². The van der Waals surface area contributed by atoms with Crippen LogP contribution in [0, 0.1) is 22.7 Å². The number of carbonyl (C=O) groups excluding carboxylic acids is 2. The summed E-state index contributed by atoms with van der Waals surface area (Å²) >= 11 is 0. The van der Waals surface area contributed by atoms with E-state index in [-0.39, 0.29) is 18.6 Å². The molecule has 0 radical (unpaired) electrons. The van der Waals surface area contributed by atoms with E-state index in [9.17, 15) is 60.7 Å². The summed E-state index contributed by atoms with van der Waals surface area (Å²) in [5.74, 6) is -5.63. The number of fused-ring (bicyclic) bond motifs is 5. The Morgan fingerprint density at radius 3 is 2.30 bits per heavy atom. The number of hydrogen-bond acceptors (Lipinski definition) is 16. The molecule has 6 aliphatic rings. The van der Waals surface area contributed by atoms with E-state index in [4.69, 9.17) is 18.9 Å². The largest absolute Gasteiger partial charge is 0.394 e. The zero-order valence-electron chi connectivity index (χ0n) is 27.6. The second-order valence-corrected chi connectivity index (χ2v) is 15.0. The van der Waals surface area contributed by atoms with Crippen LogP contribution in [0.2, 0.25) is 0 Å². The van der Waals surface area contributed by atoms with E-state index >= 15 is 4.39 Å². The zero-order chi connectivity index (χ0) is 36.8. The normalized spacial score (nSPS) is 53.1. The van der Waals surface area contributed by atoms with Crippen molar-refractivity contribution >= 4 is 11.6 Å². The Kier molecular flexibility index (Phi) is 9.82. The molecule has 0 aromatic rings. The van der Waals surface area contributed by atoms with Gasteiger partial charge >= 0.3 is 0 Å². The molecule has 4 aliphatic carbocycles. The summed E-state index contributed by atoms with van der Waals surface area (Å²) in [7, 11) is 0. The molecular formula is C33H47FO16. The summed E-state index contributed by atoms with van der Waals surface area (Å²) in [5.41, 5.74) is -7.28. The van der Waals surface area contributed by atoms with Crippen LogP contribution >= 0.6 is 0 Å². The fourth-order valence-electron chi connectivity index (χ4n) is 9.81. The highest BCUT2D eigenvalue weighted by Crippen LogP contribution is 2.69. The lowest BCUT2D eigenvalue weighted by atomic mass is 9.44. The first-order valence-corrected chi connectivity index (χ1v) is 16.8. The Morgan fingerprint density at radius 2 is 1.66 bits per heavy atom. The minimum absolute atomic E-state index is 0.176. The van der Waals surface area contributed by atoms with Gasteiger partial charge in [0.05, 0.1) is 25.4 Å². The number of rotatable bonds is 9. The van der Waals surface area contributed by atoms with Crippen LogP contribution in [0.4, 0.5) is 4.39 Å². The van der Waals surface area contributed by atoms with Crippen LogP contribution in [-0.2, 0) is 28.5 Å². The van der Waals surface area contributed by atoms with Crippen molar-refractivity contribution in [2.24, 2.45) is 22.7 Å². The molecule has 0 aromatic carbocycles. The first-order chi connectivity index (χ1) is 23.4. The lowest BCUT2D eigenvalue weighted by molar-refractivity contribution is -0.319. The lowest BCUT2D eigenvalue weighted by Gasteiger charge is -2.62. The second kappa shape index (κ2) is 12.9. The predicted octanol–water partition coefficient (Wildman–Crippen LogP) is -3.73. The van der Waals surface area contributed by atoms with Crippen LogP contribution in [0.1, 0.15) is 39.5 Å². The van der Waals surface area contributed by atoms with Crippen molar-refractivity contribution in [1.29, 1.82) is 0 Å². The van der Waals surface area contributed by atoms with Gasteiger partial charge in [0.25, 0.3) is 0 Å². The number of carbonyl (C=O) groups is 2. The molecule has 16 nitrogen and oxygen atoms in total. The Hall–Kier alpha value is -1.81. The molecule has 17 atom stereocenters. The minimum Gasteiger partial charge on any atom is -0.394 e. The molecule has 282 valence electrons. The zero-order valence-corrected chi connectivity index (χ0v) is 27.6. The Morgan fingerprint density at radius 1 is 0.980 bits per heavy atom. The van der Waals surface area contributed by atoms with E-state index in [2.05, 4.69) is 0 Å². The SMILES string of the molecule is C[C@]12C=CC(=O)C=C1CC[C@H]1[C@@H]3C[C@@H](O)[C@](O)(C(=O)COC4(CO)O[C@H](CO)C(O[C@@H]5OC(CO)[C@H](O)[C@@H](O)C5O)[C@H]4O)[C@@]3(C)C[C@H](O)[C@@]12F. The molecule has 5 fully saturated rings. The van der Waals surface area contributed by atoms with Crippen LogP contribution in [0.25, 0.3) is 0 Å². The molecule has 2 saturated heterocycles. The van der Waals surface area contributed by atoms with E-state index in [1.165, 1.54) is 25.2 Å². The molecule has 50 heavy (non-hydrogen) atoms. The lowest BCUT2D eigenvalue weighted by Crippen LogP contribution is -2.70. The van der Waals surface area contributed by atoms with E-state index in [0.29, 0.717) is 12.0 Å². The number of allylic oxidation sites excluding steroid dienone is 4. The van der Waals surface area contributed by atoms with Crippen molar-refractivity contribution < 1.29 is 84.0 Å². The molecule has 6 rings (SSSR count). The van der Waals surface area contributed by atoms with Crippen molar-refractivity contribution in [3.63, 3.8) is 0 Å². The summed E-state index contributed by atoms with van der Waals surface area (Å²) in [6, 6.07) is 0. The van der Waals surface area contributed by atoms with Gasteiger partial charge in [-0.3, -0.25) is 9.59 Å². The Balaban J connectivity index is 1.21. The van der Waals surface area contributed by atoms with Gasteiger partial charge in [0, 0.05) is 16.7 Å². The number of aliphatic hydroxyl groups is 10. The van der Waals surface area contributed by atoms with Crippen molar-refractivity contribution in [1.82, 2.24) is 0 Å². The first-order valence-electron chi connectivity index (χ1n) is 16.8. The molecule has 3 saturated carbocycles. The summed E-state index contributed by atoms with van der Waals surface area (Å²) in [4.78, 5) is 26.1. The maximum Gasteiger partial charge on any atom is 0.222 e. The number of ketones is 2. The average Bonchev–Trinajstić information content (AvgIpc) is 3.47. The summed E-state index contributed by atoms with van der Waals surface area (Å²) in [5, 5.41) is 107. The number of ether oxygens (including phenoxy) is 4. The molecule has 10 N–H and O–H groups in total. The highest BCUT2D eigenvalue weighted by atomic mass is 19.1. The van der Waals surface area contributed by atoms with Gasteiger partial charge in [-0.15, -0.1) is 0 Å². The quantitative estimate of drug-likeness (QED) is 0.110. The van der Waals surface area contributed by atoms with E-state index in [1.807, 2.05) is 0 Å². The fraction of sp³-hybridized carbons (Fsp3) is 0.818. The monoisotopic (exact) mass is 718 g/mol. The third-order valence-electron chi connectivity index (χ3n) is 12.8. The van der Waals surface area contributed by atoms with Crippen molar-refractivity contribution in [2.75, 3.05) is 26.4 Å². The molecule has 0 aromatic heterocycles. The standard InChI is InChI=1S/C33H47FO16/c1-29-6-5-15(38)7-14(29)3-4-16-17-8-20(39)33(46,30(17,2)9-21(40)32(16,29)34)22(41)12-47-31(13-37)27(45)26(19(11-36)50-31)49-28-25(44)24(43)23(42)18(10-35)48-28/h5-7,16-21,23-28,35-37,39-40,42-46H,3-4,8-13H2,1-2H3/t16-,17-,18?,19+,20+,21-,23-,24+,25?,26?,27+,28-,29-,30-,31?,32-,33-/m0/s1. The van der Waals surface area contributed by atoms with Gasteiger partial charge in [0.15, 0.2) is 29.1 Å². The van der Waals surface area contributed by atoms with Gasteiger partial charge in [0.1, 0.15) is 55.9 Å². The van der Waals surface area contributed by atoms with Gasteiger partial charge in [-0.1, -0.05) is 18.6 Å². The van der Waals surface area contributed by atoms with Crippen LogP contribution in [0.3, 0.4) is 0 Å². The van der Waals surface area contributed by atoms with Crippen LogP contribution in [-0.4, -0.2) is 167 Å². The molecule has 0 spiro atoms. The molecule has 0 amide bonds. The molecule has 0 bridgehead atoms. The minimum atomic E-state index is -2.60. The summed E-state index contributed by atoms with van der Waals surface area (Å²) in [6.07, 6.45) is -13.3. The molecule has 2 heterocycles. The number of aliphatic hydroxyl groups excluding tert-OH is 9. The average molecular weight is 719 g/mol. The summed E-state index contributed by atoms with van der Waals surface area (Å²) < 4.78 is 39.6. The number of hydrogen-bond donors (Lipinski definition) is 10.